The van der Waals surface area contributed by atoms with Crippen LogP contribution < -0.4 is 9.47 Å². The predicted octanol–water partition coefficient (Wildman–Crippen LogP) is 5.94. The number of ether oxygens (including phenoxy) is 4. The number of pyridine rings is 1. The smallest absolute Gasteiger partial charge is 0.427 e. The van der Waals surface area contributed by atoms with Crippen molar-refractivity contribution in [3.63, 3.8) is 0 Å². The number of carbonyl (C=O) groups is 1. The van der Waals surface area contributed by atoms with Crippen LogP contribution in [0.1, 0.15) is 43.4 Å². The van der Waals surface area contributed by atoms with Gasteiger partial charge in [-0.3, -0.25) is 4.98 Å². The van der Waals surface area contributed by atoms with Crippen molar-refractivity contribution < 1.29 is 45.7 Å². The Morgan fingerprint density at radius 1 is 1.08 bits per heavy atom. The quantitative estimate of drug-likeness (QED) is 0.364. The second kappa shape index (κ2) is 11.7. The Labute approximate surface area is 216 Å². The van der Waals surface area contributed by atoms with Crippen molar-refractivity contribution in [2.75, 3.05) is 26.8 Å². The molecule has 2 fully saturated rings. The van der Waals surface area contributed by atoms with Crippen LogP contribution in [0.25, 0.3) is 0 Å². The van der Waals surface area contributed by atoms with Crippen molar-refractivity contribution in [3.8, 4) is 11.5 Å². The van der Waals surface area contributed by atoms with Crippen LogP contribution in [0.2, 0.25) is 0 Å². The lowest BCUT2D eigenvalue weighted by Gasteiger charge is -2.51. The number of likely N-dealkylation sites (tertiary alicyclic amines) is 1. The predicted molar refractivity (Wildman–Crippen MR) is 125 cm³/mol. The summed E-state index contributed by atoms with van der Waals surface area (Å²) in [7, 11) is 1.51. The topological polar surface area (TPSA) is 70.1 Å². The van der Waals surface area contributed by atoms with Gasteiger partial charge in [-0.05, 0) is 60.9 Å². The summed E-state index contributed by atoms with van der Waals surface area (Å²) in [5.74, 6) is 1.02. The molecule has 2 aliphatic rings. The van der Waals surface area contributed by atoms with Gasteiger partial charge < -0.3 is 23.8 Å². The molecular weight excluding hydrogens is 515 g/mol. The highest BCUT2D eigenvalue weighted by Gasteiger charge is 2.49. The molecule has 1 saturated carbocycles. The van der Waals surface area contributed by atoms with Gasteiger partial charge in [-0.25, -0.2) is 13.6 Å². The van der Waals surface area contributed by atoms with Gasteiger partial charge in [0, 0.05) is 13.1 Å². The molecule has 1 aromatic heterocycles. The van der Waals surface area contributed by atoms with Gasteiger partial charge >= 0.3 is 12.3 Å². The maximum atomic E-state index is 13.5. The first-order valence-corrected chi connectivity index (χ1v) is 12.2. The van der Waals surface area contributed by atoms with Crippen LogP contribution in [0.5, 0.6) is 11.5 Å². The zero-order valence-electron chi connectivity index (χ0n) is 20.8. The summed E-state index contributed by atoms with van der Waals surface area (Å²) in [6.45, 7) is -0.345. The molecule has 1 aliphatic heterocycles. The number of carbonyl (C=O) groups excluding carboxylic acids is 1. The molecular formula is C26H29F5N2O5. The molecule has 1 spiro atoms. The maximum Gasteiger partial charge on any atom is 0.427 e. The van der Waals surface area contributed by atoms with Gasteiger partial charge in [0.15, 0.2) is 0 Å². The second-order valence-corrected chi connectivity index (χ2v) is 9.63. The van der Waals surface area contributed by atoms with Gasteiger partial charge in [0.1, 0.15) is 17.2 Å². The molecule has 1 atom stereocenters. The van der Waals surface area contributed by atoms with Crippen LogP contribution >= 0.6 is 0 Å². The van der Waals surface area contributed by atoms with Crippen molar-refractivity contribution in [2.24, 2.45) is 5.41 Å². The van der Waals surface area contributed by atoms with E-state index in [1.165, 1.54) is 30.3 Å². The Kier molecular flexibility index (Phi) is 8.59. The molecule has 7 nitrogen and oxygen atoms in total. The lowest BCUT2D eigenvalue weighted by atomic mass is 9.61. The minimum absolute atomic E-state index is 0.0668. The molecule has 38 heavy (non-hydrogen) atoms. The number of rotatable bonds is 9. The average Bonchev–Trinajstić information content (AvgIpc) is 2.87. The van der Waals surface area contributed by atoms with E-state index in [2.05, 4.69) is 4.98 Å². The van der Waals surface area contributed by atoms with Crippen LogP contribution in [0.15, 0.2) is 42.6 Å². The van der Waals surface area contributed by atoms with E-state index in [0.29, 0.717) is 42.7 Å². The van der Waals surface area contributed by atoms with Crippen LogP contribution in [-0.2, 0) is 16.1 Å². The van der Waals surface area contributed by atoms with Crippen molar-refractivity contribution in [1.82, 2.24) is 9.88 Å². The van der Waals surface area contributed by atoms with Gasteiger partial charge in [-0.15, -0.1) is 0 Å². The minimum atomic E-state index is -4.77. The van der Waals surface area contributed by atoms with E-state index in [4.69, 9.17) is 18.9 Å². The number of hydrogen-bond donors (Lipinski definition) is 0. The molecule has 208 valence electrons. The first-order chi connectivity index (χ1) is 18.1. The molecule has 2 aromatic rings. The number of methoxy groups -OCH3 is 1. The number of hydrogen-bond acceptors (Lipinski definition) is 6. The standard InChI is InChI=1S/C26H29F5N2O5/c1-35-18-4-2-17(3-5-18)15-36-16-22(26(29,30)31)38-24(34)33-10-8-25(9-11-33)12-20(13-25)37-19-6-7-21(23(27)28)32-14-19/h2-7,14,20,22-23H,8-13,15-16H2,1H3/t22-/m1/s1. The van der Waals surface area contributed by atoms with Crippen LogP contribution in [0.4, 0.5) is 26.7 Å². The monoisotopic (exact) mass is 544 g/mol. The highest BCUT2D eigenvalue weighted by Crippen LogP contribution is 2.50. The lowest BCUT2D eigenvalue weighted by Crippen LogP contribution is -2.53. The molecule has 0 N–H and O–H groups in total. The van der Waals surface area contributed by atoms with E-state index in [9.17, 15) is 26.7 Å². The van der Waals surface area contributed by atoms with Gasteiger partial charge in [0.2, 0.25) is 6.10 Å². The SMILES string of the molecule is COc1ccc(COC[C@@H](OC(=O)N2CCC3(CC2)CC(Oc2ccc(C(F)F)nc2)C3)C(F)(F)F)cc1. The summed E-state index contributed by atoms with van der Waals surface area (Å²) in [6.07, 6.45) is -7.03. The number of halogens is 5. The molecule has 0 bridgehead atoms. The lowest BCUT2D eigenvalue weighted by molar-refractivity contribution is -0.220. The third-order valence-corrected chi connectivity index (χ3v) is 6.99. The summed E-state index contributed by atoms with van der Waals surface area (Å²) in [6, 6.07) is 9.36. The van der Waals surface area contributed by atoms with E-state index in [0.717, 1.165) is 0 Å². The van der Waals surface area contributed by atoms with Gasteiger partial charge in [-0.1, -0.05) is 12.1 Å². The van der Waals surface area contributed by atoms with Crippen LogP contribution in [-0.4, -0.2) is 61.2 Å². The Hall–Kier alpha value is -3.15. The normalized spacial score (nSPS) is 18.2. The zero-order chi connectivity index (χ0) is 27.3. The molecule has 2 heterocycles. The molecule has 1 aliphatic carbocycles. The van der Waals surface area contributed by atoms with E-state index in [1.807, 2.05) is 0 Å². The molecule has 1 aromatic carbocycles. The molecule has 0 unspecified atom stereocenters. The number of piperidine rings is 1. The maximum absolute atomic E-state index is 13.5. The zero-order valence-corrected chi connectivity index (χ0v) is 20.8. The number of amides is 1. The van der Waals surface area contributed by atoms with Crippen molar-refractivity contribution in [2.45, 2.75) is 57.1 Å². The largest absolute Gasteiger partial charge is 0.497 e. The van der Waals surface area contributed by atoms with Crippen LogP contribution in [0, 0.1) is 5.41 Å². The van der Waals surface area contributed by atoms with Gasteiger partial charge in [0.25, 0.3) is 6.43 Å². The summed E-state index contributed by atoms with van der Waals surface area (Å²) in [5, 5.41) is 0. The fraction of sp³-hybridized carbons (Fsp3) is 0.538. The third-order valence-electron chi connectivity index (χ3n) is 6.99. The molecule has 12 heteroatoms. The number of benzene rings is 1. The highest BCUT2D eigenvalue weighted by atomic mass is 19.4. The molecule has 0 radical (unpaired) electrons. The van der Waals surface area contributed by atoms with E-state index in [-0.39, 0.29) is 36.9 Å². The van der Waals surface area contributed by atoms with Crippen molar-refractivity contribution in [3.05, 3.63) is 53.9 Å². The van der Waals surface area contributed by atoms with Crippen LogP contribution in [0.3, 0.4) is 0 Å². The molecule has 1 amide bonds. The van der Waals surface area contributed by atoms with Crippen molar-refractivity contribution in [1.29, 1.82) is 0 Å². The van der Waals surface area contributed by atoms with E-state index < -0.39 is 31.4 Å². The first-order valence-electron chi connectivity index (χ1n) is 12.2. The van der Waals surface area contributed by atoms with Gasteiger partial charge in [0.05, 0.1) is 32.6 Å². The Morgan fingerprint density at radius 3 is 2.29 bits per heavy atom. The minimum Gasteiger partial charge on any atom is -0.497 e. The fourth-order valence-electron chi connectivity index (χ4n) is 4.74. The Balaban J connectivity index is 1.20. The van der Waals surface area contributed by atoms with E-state index in [1.54, 1.807) is 24.3 Å². The Bertz CT molecular complexity index is 1050. The average molecular weight is 545 g/mol. The number of alkyl halides is 5. The molecule has 1 saturated heterocycles. The summed E-state index contributed by atoms with van der Waals surface area (Å²) in [4.78, 5) is 17.5. The van der Waals surface area contributed by atoms with E-state index >= 15 is 0 Å². The van der Waals surface area contributed by atoms with Gasteiger partial charge in [-0.2, -0.15) is 13.2 Å². The Morgan fingerprint density at radius 2 is 1.74 bits per heavy atom. The fourth-order valence-corrected chi connectivity index (χ4v) is 4.74. The first kappa shape index (κ1) is 27.9. The number of aromatic nitrogens is 1. The summed E-state index contributed by atoms with van der Waals surface area (Å²) in [5.41, 5.74) is 0.268. The van der Waals surface area contributed by atoms with Crippen molar-refractivity contribution >= 4 is 6.09 Å². The molecule has 4 rings (SSSR count). The highest BCUT2D eigenvalue weighted by molar-refractivity contribution is 5.68. The summed E-state index contributed by atoms with van der Waals surface area (Å²) >= 11 is 0. The third kappa shape index (κ3) is 7.03. The second-order valence-electron chi connectivity index (χ2n) is 9.63. The summed E-state index contributed by atoms with van der Waals surface area (Å²) < 4.78 is 86.6. The number of nitrogens with zero attached hydrogens (tertiary/aromatic N) is 2.